The largest absolute Gasteiger partial charge is 0.434 e. The lowest BCUT2D eigenvalue weighted by Crippen LogP contribution is -2.22. The number of carbonyl (C=O) groups is 1. The molecule has 2 aromatic carbocycles. The zero-order valence-corrected chi connectivity index (χ0v) is 17.1. The summed E-state index contributed by atoms with van der Waals surface area (Å²) < 4.78 is 41.9. The molecule has 0 unspecified atom stereocenters. The van der Waals surface area contributed by atoms with Gasteiger partial charge in [-0.3, -0.25) is 4.79 Å². The van der Waals surface area contributed by atoms with Gasteiger partial charge in [0.25, 0.3) is 5.91 Å². The molecule has 0 fully saturated rings. The highest BCUT2D eigenvalue weighted by Gasteiger charge is 2.40. The van der Waals surface area contributed by atoms with Gasteiger partial charge >= 0.3 is 6.18 Å². The van der Waals surface area contributed by atoms with Gasteiger partial charge in [0.15, 0.2) is 5.69 Å². The number of halogens is 4. The zero-order valence-electron chi connectivity index (χ0n) is 16.4. The molecule has 1 amide bonds. The van der Waals surface area contributed by atoms with Crippen LogP contribution < -0.4 is 10.2 Å². The molecule has 0 saturated carbocycles. The predicted octanol–water partition coefficient (Wildman–Crippen LogP) is 5.64. The van der Waals surface area contributed by atoms with Gasteiger partial charge < -0.3 is 10.2 Å². The molecule has 5 nitrogen and oxygen atoms in total. The molecule has 0 aliphatic rings. The average molecular weight is 437 g/mol. The number of benzene rings is 2. The predicted molar refractivity (Wildman–Crippen MR) is 112 cm³/mol. The van der Waals surface area contributed by atoms with E-state index in [1.807, 2.05) is 26.0 Å². The van der Waals surface area contributed by atoms with Crippen molar-refractivity contribution in [3.63, 3.8) is 0 Å². The Morgan fingerprint density at radius 2 is 1.67 bits per heavy atom. The van der Waals surface area contributed by atoms with Crippen LogP contribution in [0.2, 0.25) is 5.02 Å². The molecule has 9 heteroatoms. The highest BCUT2D eigenvalue weighted by Crippen LogP contribution is 2.34. The SMILES string of the molecule is CCN(CC)c1ccc(NC(=O)c2cnn(-c3ccc(Cl)cc3)c2C(F)(F)F)cc1. The highest BCUT2D eigenvalue weighted by molar-refractivity contribution is 6.30. The minimum atomic E-state index is -4.78. The third-order valence-electron chi connectivity index (χ3n) is 4.61. The Labute approximate surface area is 177 Å². The van der Waals surface area contributed by atoms with Crippen molar-refractivity contribution >= 4 is 28.9 Å². The maximum absolute atomic E-state index is 13.8. The van der Waals surface area contributed by atoms with E-state index < -0.39 is 23.3 Å². The van der Waals surface area contributed by atoms with Gasteiger partial charge in [-0.2, -0.15) is 18.3 Å². The van der Waals surface area contributed by atoms with E-state index in [-0.39, 0.29) is 5.69 Å². The van der Waals surface area contributed by atoms with Crippen LogP contribution in [-0.4, -0.2) is 28.8 Å². The summed E-state index contributed by atoms with van der Waals surface area (Å²) in [7, 11) is 0. The Balaban J connectivity index is 1.90. The minimum absolute atomic E-state index is 0.148. The molecule has 1 aromatic heterocycles. The molecule has 1 N–H and O–H groups in total. The van der Waals surface area contributed by atoms with E-state index in [1.165, 1.54) is 24.3 Å². The topological polar surface area (TPSA) is 50.2 Å². The van der Waals surface area contributed by atoms with Gasteiger partial charge in [0.05, 0.1) is 17.4 Å². The lowest BCUT2D eigenvalue weighted by Gasteiger charge is -2.21. The lowest BCUT2D eigenvalue weighted by atomic mass is 10.2. The number of nitrogens with zero attached hydrogens (tertiary/aromatic N) is 3. The van der Waals surface area contributed by atoms with Crippen LogP contribution in [0.15, 0.2) is 54.7 Å². The molecule has 0 bridgehead atoms. The average Bonchev–Trinajstić information content (AvgIpc) is 3.17. The van der Waals surface area contributed by atoms with Crippen LogP contribution in [0.4, 0.5) is 24.5 Å². The number of aromatic nitrogens is 2. The van der Waals surface area contributed by atoms with E-state index >= 15 is 0 Å². The summed E-state index contributed by atoms with van der Waals surface area (Å²) in [5.41, 5.74) is -0.213. The van der Waals surface area contributed by atoms with Crippen molar-refractivity contribution in [2.45, 2.75) is 20.0 Å². The molecule has 0 saturated heterocycles. The second-order valence-electron chi connectivity index (χ2n) is 6.47. The summed E-state index contributed by atoms with van der Waals surface area (Å²) in [5, 5.41) is 6.69. The van der Waals surface area contributed by atoms with Gasteiger partial charge in [0.1, 0.15) is 0 Å². The van der Waals surface area contributed by atoms with Crippen molar-refractivity contribution in [3.8, 4) is 5.69 Å². The standard InChI is InChI=1S/C21H20ClF3N4O/c1-3-28(4-2)16-11-7-15(8-12-16)27-20(30)18-13-26-29(19(18)21(23,24)25)17-9-5-14(22)6-10-17/h5-13H,3-4H2,1-2H3,(H,27,30). The van der Waals surface area contributed by atoms with E-state index in [9.17, 15) is 18.0 Å². The molecule has 1 heterocycles. The molecule has 3 aromatic rings. The Morgan fingerprint density at radius 1 is 1.07 bits per heavy atom. The summed E-state index contributed by atoms with van der Waals surface area (Å²) in [6, 6.07) is 12.6. The van der Waals surface area contributed by atoms with E-state index in [1.54, 1.807) is 12.1 Å². The maximum atomic E-state index is 13.8. The second-order valence-corrected chi connectivity index (χ2v) is 6.90. The molecule has 3 rings (SSSR count). The third-order valence-corrected chi connectivity index (χ3v) is 4.86. The van der Waals surface area contributed by atoms with Crippen LogP contribution in [-0.2, 0) is 6.18 Å². The van der Waals surface area contributed by atoms with Gasteiger partial charge in [-0.1, -0.05) is 11.6 Å². The molecular weight excluding hydrogens is 417 g/mol. The first-order valence-electron chi connectivity index (χ1n) is 9.32. The van der Waals surface area contributed by atoms with Gasteiger partial charge in [-0.05, 0) is 62.4 Å². The Morgan fingerprint density at radius 3 is 2.20 bits per heavy atom. The monoisotopic (exact) mass is 436 g/mol. The van der Waals surface area contributed by atoms with Crippen molar-refractivity contribution in [1.29, 1.82) is 0 Å². The lowest BCUT2D eigenvalue weighted by molar-refractivity contribution is -0.143. The smallest absolute Gasteiger partial charge is 0.372 e. The number of hydrogen-bond acceptors (Lipinski definition) is 3. The van der Waals surface area contributed by atoms with Crippen LogP contribution in [0.5, 0.6) is 0 Å². The molecule has 0 atom stereocenters. The van der Waals surface area contributed by atoms with Crippen LogP contribution in [0.25, 0.3) is 5.69 Å². The molecule has 0 aliphatic heterocycles. The number of hydrogen-bond donors (Lipinski definition) is 1. The van der Waals surface area contributed by atoms with Crippen LogP contribution in [0, 0.1) is 0 Å². The number of alkyl halides is 3. The van der Waals surface area contributed by atoms with E-state index in [2.05, 4.69) is 15.3 Å². The molecular formula is C21H20ClF3N4O. The molecule has 0 aliphatic carbocycles. The fourth-order valence-corrected chi connectivity index (χ4v) is 3.23. The van der Waals surface area contributed by atoms with E-state index in [0.717, 1.165) is 25.0 Å². The normalized spacial score (nSPS) is 11.4. The van der Waals surface area contributed by atoms with Crippen molar-refractivity contribution in [1.82, 2.24) is 9.78 Å². The summed E-state index contributed by atoms with van der Waals surface area (Å²) in [4.78, 5) is 14.7. The quantitative estimate of drug-likeness (QED) is 0.543. The van der Waals surface area contributed by atoms with Crippen LogP contribution >= 0.6 is 11.6 Å². The first-order valence-corrected chi connectivity index (χ1v) is 9.70. The summed E-state index contributed by atoms with van der Waals surface area (Å²) in [5.74, 6) is -0.891. The first kappa shape index (κ1) is 21.7. The van der Waals surface area contributed by atoms with Crippen molar-refractivity contribution in [3.05, 3.63) is 71.0 Å². The fraction of sp³-hybridized carbons (Fsp3) is 0.238. The van der Waals surface area contributed by atoms with Crippen LogP contribution in [0.3, 0.4) is 0 Å². The number of rotatable bonds is 6. The maximum Gasteiger partial charge on any atom is 0.434 e. The summed E-state index contributed by atoms with van der Waals surface area (Å²) in [6.07, 6.45) is -3.87. The van der Waals surface area contributed by atoms with E-state index in [0.29, 0.717) is 15.4 Å². The Bertz CT molecular complexity index is 1010. The van der Waals surface area contributed by atoms with Gasteiger partial charge in [0, 0.05) is 29.5 Å². The summed E-state index contributed by atoms with van der Waals surface area (Å²) >= 11 is 5.80. The third kappa shape index (κ3) is 4.59. The number of amides is 1. The Kier molecular flexibility index (Phi) is 6.36. The number of nitrogens with one attached hydrogen (secondary N) is 1. The van der Waals surface area contributed by atoms with Crippen molar-refractivity contribution in [2.75, 3.05) is 23.3 Å². The van der Waals surface area contributed by atoms with Crippen molar-refractivity contribution < 1.29 is 18.0 Å². The molecule has 30 heavy (non-hydrogen) atoms. The fourth-order valence-electron chi connectivity index (χ4n) is 3.11. The van der Waals surface area contributed by atoms with Crippen LogP contribution in [0.1, 0.15) is 29.9 Å². The van der Waals surface area contributed by atoms with Crippen molar-refractivity contribution in [2.24, 2.45) is 0 Å². The van der Waals surface area contributed by atoms with Gasteiger partial charge in [-0.15, -0.1) is 0 Å². The minimum Gasteiger partial charge on any atom is -0.372 e. The highest BCUT2D eigenvalue weighted by atomic mass is 35.5. The molecule has 158 valence electrons. The summed E-state index contributed by atoms with van der Waals surface area (Å²) in [6.45, 7) is 5.69. The van der Waals surface area contributed by atoms with Gasteiger partial charge in [-0.25, -0.2) is 4.68 Å². The number of carbonyl (C=O) groups excluding carboxylic acids is 1. The number of anilines is 2. The van der Waals surface area contributed by atoms with Gasteiger partial charge in [0.2, 0.25) is 0 Å². The first-order chi connectivity index (χ1) is 14.2. The zero-order chi connectivity index (χ0) is 21.9. The molecule has 0 radical (unpaired) electrons. The Hall–Kier alpha value is -3.00. The van der Waals surface area contributed by atoms with E-state index in [4.69, 9.17) is 11.6 Å². The molecule has 0 spiro atoms. The second kappa shape index (κ2) is 8.79.